The maximum Gasteiger partial charge on any atom is 0.237 e. The zero-order chi connectivity index (χ0) is 14.9. The van der Waals surface area contributed by atoms with Crippen molar-refractivity contribution in [1.82, 2.24) is 10.6 Å². The Bertz CT molecular complexity index is 561. The van der Waals surface area contributed by atoms with E-state index in [1.807, 2.05) is 18.2 Å². The Morgan fingerprint density at radius 1 is 1.27 bits per heavy atom. The third-order valence-corrected chi connectivity index (χ3v) is 5.11. The van der Waals surface area contributed by atoms with Crippen molar-refractivity contribution in [3.8, 4) is 11.5 Å². The number of amides is 1. The standard InChI is InChI=1S/C17H22N2O3/c20-17(14-8-11-4-1-2-6-13(11)19-14)18-9-12-5-3-7-15-16(12)22-10-21-15/h3,5,7,11,13-14,19H,1-2,4,6,8-10H2,(H,18,20). The smallest absolute Gasteiger partial charge is 0.237 e. The van der Waals surface area contributed by atoms with E-state index in [2.05, 4.69) is 10.6 Å². The van der Waals surface area contributed by atoms with Gasteiger partial charge in [0.25, 0.3) is 0 Å². The lowest BCUT2D eigenvalue weighted by Gasteiger charge is -2.24. The summed E-state index contributed by atoms with van der Waals surface area (Å²) in [5, 5.41) is 6.56. The molecule has 1 amide bonds. The molecule has 3 aliphatic rings. The van der Waals surface area contributed by atoms with Crippen LogP contribution in [-0.2, 0) is 11.3 Å². The van der Waals surface area contributed by atoms with E-state index in [1.165, 1.54) is 25.7 Å². The second-order valence-corrected chi connectivity index (χ2v) is 6.47. The topological polar surface area (TPSA) is 59.6 Å². The van der Waals surface area contributed by atoms with Crippen molar-refractivity contribution < 1.29 is 14.3 Å². The summed E-state index contributed by atoms with van der Waals surface area (Å²) in [4.78, 5) is 12.4. The van der Waals surface area contributed by atoms with Crippen LogP contribution in [0.2, 0.25) is 0 Å². The van der Waals surface area contributed by atoms with Gasteiger partial charge >= 0.3 is 0 Å². The Balaban J connectivity index is 1.36. The predicted octanol–water partition coefficient (Wildman–Crippen LogP) is 1.95. The van der Waals surface area contributed by atoms with Crippen LogP contribution < -0.4 is 20.1 Å². The molecule has 2 fully saturated rings. The molecule has 1 saturated heterocycles. The van der Waals surface area contributed by atoms with Gasteiger partial charge in [0, 0.05) is 18.2 Å². The van der Waals surface area contributed by atoms with Crippen LogP contribution >= 0.6 is 0 Å². The number of fused-ring (bicyclic) bond motifs is 2. The molecule has 2 aliphatic heterocycles. The van der Waals surface area contributed by atoms with Gasteiger partial charge in [0.05, 0.1) is 6.04 Å². The molecule has 1 aliphatic carbocycles. The number of para-hydroxylation sites is 1. The minimum absolute atomic E-state index is 0.0398. The number of hydrogen-bond acceptors (Lipinski definition) is 4. The van der Waals surface area contributed by atoms with Crippen LogP contribution in [0, 0.1) is 5.92 Å². The summed E-state index contributed by atoms with van der Waals surface area (Å²) in [6, 6.07) is 6.29. The molecule has 2 N–H and O–H groups in total. The van der Waals surface area contributed by atoms with Crippen LogP contribution in [0.3, 0.4) is 0 Å². The fourth-order valence-corrected chi connectivity index (χ4v) is 3.96. The molecule has 1 aromatic rings. The van der Waals surface area contributed by atoms with E-state index in [9.17, 15) is 4.79 Å². The maximum atomic E-state index is 12.4. The molecule has 5 nitrogen and oxygen atoms in total. The van der Waals surface area contributed by atoms with E-state index >= 15 is 0 Å². The fourth-order valence-electron chi connectivity index (χ4n) is 3.96. The van der Waals surface area contributed by atoms with Crippen LogP contribution in [0.4, 0.5) is 0 Å². The number of rotatable bonds is 3. The molecular formula is C17H22N2O3. The molecule has 3 unspecified atom stereocenters. The highest BCUT2D eigenvalue weighted by Gasteiger charge is 2.38. The summed E-state index contributed by atoms with van der Waals surface area (Å²) in [6.45, 7) is 0.743. The third-order valence-electron chi connectivity index (χ3n) is 5.11. The minimum Gasteiger partial charge on any atom is -0.454 e. The SMILES string of the molecule is O=C(NCc1cccc2c1OCO2)C1CC2CCCCC2N1. The number of ether oxygens (including phenoxy) is 2. The van der Waals surface area contributed by atoms with Gasteiger partial charge in [0.15, 0.2) is 11.5 Å². The van der Waals surface area contributed by atoms with Gasteiger partial charge < -0.3 is 20.1 Å². The lowest BCUT2D eigenvalue weighted by molar-refractivity contribution is -0.123. The summed E-state index contributed by atoms with van der Waals surface area (Å²) in [5.41, 5.74) is 0.971. The van der Waals surface area contributed by atoms with Crippen LogP contribution in [-0.4, -0.2) is 24.8 Å². The van der Waals surface area contributed by atoms with Crippen molar-refractivity contribution in [2.45, 2.75) is 50.7 Å². The van der Waals surface area contributed by atoms with Crippen molar-refractivity contribution in [2.75, 3.05) is 6.79 Å². The van der Waals surface area contributed by atoms with Crippen molar-refractivity contribution in [1.29, 1.82) is 0 Å². The van der Waals surface area contributed by atoms with Crippen molar-refractivity contribution in [2.24, 2.45) is 5.92 Å². The van der Waals surface area contributed by atoms with Gasteiger partial charge in [-0.3, -0.25) is 4.79 Å². The maximum absolute atomic E-state index is 12.4. The normalized spacial score (nSPS) is 29.2. The van der Waals surface area contributed by atoms with Gasteiger partial charge in [-0.15, -0.1) is 0 Å². The fraction of sp³-hybridized carbons (Fsp3) is 0.588. The van der Waals surface area contributed by atoms with Crippen LogP contribution in [0.25, 0.3) is 0 Å². The quantitative estimate of drug-likeness (QED) is 0.896. The van der Waals surface area contributed by atoms with E-state index < -0.39 is 0 Å². The number of carbonyl (C=O) groups excluding carboxylic acids is 1. The summed E-state index contributed by atoms with van der Waals surface area (Å²) < 4.78 is 10.8. The highest BCUT2D eigenvalue weighted by Crippen LogP contribution is 2.35. The molecule has 22 heavy (non-hydrogen) atoms. The average molecular weight is 302 g/mol. The second kappa shape index (κ2) is 5.80. The molecule has 1 aromatic carbocycles. The average Bonchev–Trinajstić information content (AvgIpc) is 3.18. The highest BCUT2D eigenvalue weighted by molar-refractivity contribution is 5.82. The van der Waals surface area contributed by atoms with E-state index in [0.29, 0.717) is 18.5 Å². The third kappa shape index (κ3) is 2.54. The molecule has 2 heterocycles. The Labute approximate surface area is 130 Å². The number of carbonyl (C=O) groups is 1. The number of hydrogen-bond donors (Lipinski definition) is 2. The first-order chi connectivity index (χ1) is 10.8. The molecule has 0 spiro atoms. The summed E-state index contributed by atoms with van der Waals surface area (Å²) in [6.07, 6.45) is 6.05. The number of nitrogens with one attached hydrogen (secondary N) is 2. The van der Waals surface area contributed by atoms with Crippen molar-refractivity contribution in [3.05, 3.63) is 23.8 Å². The minimum atomic E-state index is -0.0398. The van der Waals surface area contributed by atoms with Gasteiger partial charge in [-0.25, -0.2) is 0 Å². The van der Waals surface area contributed by atoms with Gasteiger partial charge in [-0.05, 0) is 31.2 Å². The lowest BCUT2D eigenvalue weighted by Crippen LogP contribution is -2.42. The molecule has 1 saturated carbocycles. The summed E-state index contributed by atoms with van der Waals surface area (Å²) >= 11 is 0. The van der Waals surface area contributed by atoms with E-state index in [1.54, 1.807) is 0 Å². The molecule has 5 heteroatoms. The monoisotopic (exact) mass is 302 g/mol. The molecule has 0 bridgehead atoms. The van der Waals surface area contributed by atoms with Crippen molar-refractivity contribution >= 4 is 5.91 Å². The first-order valence-electron chi connectivity index (χ1n) is 8.22. The Morgan fingerprint density at radius 3 is 3.09 bits per heavy atom. The Hall–Kier alpha value is -1.75. The van der Waals surface area contributed by atoms with E-state index in [4.69, 9.17) is 9.47 Å². The summed E-state index contributed by atoms with van der Waals surface area (Å²) in [7, 11) is 0. The molecule has 0 radical (unpaired) electrons. The molecule has 4 rings (SSSR count). The van der Waals surface area contributed by atoms with Crippen LogP contribution in [0.15, 0.2) is 18.2 Å². The van der Waals surface area contributed by atoms with Gasteiger partial charge in [-0.1, -0.05) is 25.0 Å². The molecular weight excluding hydrogens is 280 g/mol. The molecule has 0 aromatic heterocycles. The first kappa shape index (κ1) is 13.9. The highest BCUT2D eigenvalue weighted by atomic mass is 16.7. The van der Waals surface area contributed by atoms with Crippen molar-refractivity contribution in [3.63, 3.8) is 0 Å². The first-order valence-corrected chi connectivity index (χ1v) is 8.22. The predicted molar refractivity (Wildman–Crippen MR) is 81.7 cm³/mol. The van der Waals surface area contributed by atoms with Gasteiger partial charge in [0.1, 0.15) is 0 Å². The largest absolute Gasteiger partial charge is 0.454 e. The Morgan fingerprint density at radius 2 is 2.18 bits per heavy atom. The van der Waals surface area contributed by atoms with Gasteiger partial charge in [-0.2, -0.15) is 0 Å². The van der Waals surface area contributed by atoms with Gasteiger partial charge in [0.2, 0.25) is 12.7 Å². The zero-order valence-corrected chi connectivity index (χ0v) is 12.6. The Kier molecular flexibility index (Phi) is 3.66. The van der Waals surface area contributed by atoms with E-state index in [-0.39, 0.29) is 18.7 Å². The molecule has 3 atom stereocenters. The number of benzene rings is 1. The van der Waals surface area contributed by atoms with Crippen LogP contribution in [0.1, 0.15) is 37.7 Å². The summed E-state index contributed by atoms with van der Waals surface area (Å²) in [5.74, 6) is 2.31. The second-order valence-electron chi connectivity index (χ2n) is 6.47. The zero-order valence-electron chi connectivity index (χ0n) is 12.6. The van der Waals surface area contributed by atoms with E-state index in [0.717, 1.165) is 23.5 Å². The molecule has 118 valence electrons. The van der Waals surface area contributed by atoms with Crippen LogP contribution in [0.5, 0.6) is 11.5 Å². The lowest BCUT2D eigenvalue weighted by atomic mass is 9.85.